The number of aliphatic hydroxyl groups is 1. The summed E-state index contributed by atoms with van der Waals surface area (Å²) < 4.78 is 0.795. The molecule has 1 atom stereocenters. The molecule has 1 heterocycles. The molecule has 0 spiro atoms. The van der Waals surface area contributed by atoms with Crippen LogP contribution in [-0.2, 0) is 9.59 Å². The molecule has 0 bridgehead atoms. The van der Waals surface area contributed by atoms with Crippen LogP contribution < -0.4 is 4.90 Å². The summed E-state index contributed by atoms with van der Waals surface area (Å²) in [6.45, 7) is 0. The molecule has 0 aliphatic carbocycles. The second kappa shape index (κ2) is 8.61. The standard InChI is InChI=1S/C24H15BrClNO5/c25-16-8-4-13(5-9-16)20-19(21(28)14-6-10-17(26)11-7-14)22(29)23(30)27(20)18-3-1-2-15(12-18)24(31)32/h1-12,20,28H,(H,31,32)/t20-/m0/s1. The Labute approximate surface area is 196 Å². The molecule has 0 unspecified atom stereocenters. The first-order valence-corrected chi connectivity index (χ1v) is 10.6. The molecule has 4 rings (SSSR count). The van der Waals surface area contributed by atoms with E-state index in [0.29, 0.717) is 16.1 Å². The molecule has 0 saturated carbocycles. The van der Waals surface area contributed by atoms with Gasteiger partial charge in [0.2, 0.25) is 0 Å². The maximum atomic E-state index is 13.1. The van der Waals surface area contributed by atoms with Crippen LogP contribution in [0.3, 0.4) is 0 Å². The first-order chi connectivity index (χ1) is 15.3. The van der Waals surface area contributed by atoms with Crippen molar-refractivity contribution in [2.24, 2.45) is 0 Å². The zero-order valence-electron chi connectivity index (χ0n) is 16.3. The number of rotatable bonds is 4. The third-order valence-corrected chi connectivity index (χ3v) is 5.90. The van der Waals surface area contributed by atoms with E-state index in [0.717, 1.165) is 4.47 Å². The summed E-state index contributed by atoms with van der Waals surface area (Å²) in [5.41, 5.74) is 1.00. The van der Waals surface area contributed by atoms with Crippen molar-refractivity contribution in [1.82, 2.24) is 0 Å². The summed E-state index contributed by atoms with van der Waals surface area (Å²) in [6, 6.07) is 18.0. The maximum absolute atomic E-state index is 13.1. The van der Waals surface area contributed by atoms with E-state index in [2.05, 4.69) is 15.9 Å². The van der Waals surface area contributed by atoms with Gasteiger partial charge in [0.25, 0.3) is 11.7 Å². The highest BCUT2D eigenvalue weighted by Crippen LogP contribution is 2.42. The zero-order valence-corrected chi connectivity index (χ0v) is 18.7. The summed E-state index contributed by atoms with van der Waals surface area (Å²) in [5.74, 6) is -3.24. The van der Waals surface area contributed by atoms with Crippen molar-refractivity contribution in [1.29, 1.82) is 0 Å². The molecular formula is C24H15BrClNO5. The first-order valence-electron chi connectivity index (χ1n) is 9.43. The van der Waals surface area contributed by atoms with Gasteiger partial charge in [-0.15, -0.1) is 0 Å². The van der Waals surface area contributed by atoms with Crippen molar-refractivity contribution < 1.29 is 24.6 Å². The molecule has 6 nitrogen and oxygen atoms in total. The van der Waals surface area contributed by atoms with Crippen LogP contribution in [0.2, 0.25) is 5.02 Å². The summed E-state index contributed by atoms with van der Waals surface area (Å²) in [7, 11) is 0. The molecule has 1 aliphatic heterocycles. The minimum Gasteiger partial charge on any atom is -0.507 e. The van der Waals surface area contributed by atoms with Crippen molar-refractivity contribution in [3.63, 3.8) is 0 Å². The number of carboxylic acid groups (broad SMARTS) is 1. The highest BCUT2D eigenvalue weighted by molar-refractivity contribution is 9.10. The van der Waals surface area contributed by atoms with Crippen molar-refractivity contribution in [2.45, 2.75) is 6.04 Å². The predicted molar refractivity (Wildman–Crippen MR) is 124 cm³/mol. The Bertz CT molecular complexity index is 1270. The van der Waals surface area contributed by atoms with E-state index >= 15 is 0 Å². The predicted octanol–water partition coefficient (Wildman–Crippen LogP) is 5.43. The molecular weight excluding hydrogens is 498 g/mol. The Balaban J connectivity index is 1.94. The first kappa shape index (κ1) is 21.8. The number of carbonyl (C=O) groups excluding carboxylic acids is 2. The molecule has 1 aliphatic rings. The summed E-state index contributed by atoms with van der Waals surface area (Å²) in [5, 5.41) is 20.8. The van der Waals surface area contributed by atoms with Crippen LogP contribution in [0.5, 0.6) is 0 Å². The van der Waals surface area contributed by atoms with Crippen molar-refractivity contribution >= 4 is 56.6 Å². The van der Waals surface area contributed by atoms with Crippen molar-refractivity contribution in [2.75, 3.05) is 4.90 Å². The van der Waals surface area contributed by atoms with Crippen LogP contribution in [0.1, 0.15) is 27.5 Å². The molecule has 3 aromatic carbocycles. The van der Waals surface area contributed by atoms with Crippen LogP contribution in [-0.4, -0.2) is 27.9 Å². The lowest BCUT2D eigenvalue weighted by Crippen LogP contribution is -2.29. The van der Waals surface area contributed by atoms with E-state index in [1.165, 1.54) is 23.1 Å². The van der Waals surface area contributed by atoms with Gasteiger partial charge in [0.1, 0.15) is 5.76 Å². The number of amides is 1. The van der Waals surface area contributed by atoms with E-state index in [1.807, 2.05) is 0 Å². The summed E-state index contributed by atoms with van der Waals surface area (Å²) >= 11 is 9.30. The van der Waals surface area contributed by atoms with Crippen LogP contribution in [0.4, 0.5) is 5.69 Å². The number of ketones is 1. The number of Topliss-reactive ketones (excluding diaryl/α,β-unsaturated/α-hetero) is 1. The highest BCUT2D eigenvalue weighted by Gasteiger charge is 2.47. The maximum Gasteiger partial charge on any atom is 0.335 e. The van der Waals surface area contributed by atoms with Crippen LogP contribution in [0.15, 0.2) is 82.8 Å². The van der Waals surface area contributed by atoms with Crippen molar-refractivity contribution in [3.8, 4) is 0 Å². The Morgan fingerprint density at radius 3 is 2.19 bits per heavy atom. The Morgan fingerprint density at radius 1 is 0.906 bits per heavy atom. The molecule has 1 saturated heterocycles. The largest absolute Gasteiger partial charge is 0.507 e. The van der Waals surface area contributed by atoms with Gasteiger partial charge in [-0.05, 0) is 60.2 Å². The van der Waals surface area contributed by atoms with Crippen LogP contribution >= 0.6 is 27.5 Å². The van der Waals surface area contributed by atoms with Gasteiger partial charge in [-0.3, -0.25) is 14.5 Å². The van der Waals surface area contributed by atoms with Crippen LogP contribution in [0, 0.1) is 0 Å². The Kier molecular flexibility index (Phi) is 5.86. The molecule has 8 heteroatoms. The highest BCUT2D eigenvalue weighted by atomic mass is 79.9. The van der Waals surface area contributed by atoms with Crippen LogP contribution in [0.25, 0.3) is 5.76 Å². The molecule has 3 aromatic rings. The number of carboxylic acids is 1. The van der Waals surface area contributed by atoms with E-state index in [9.17, 15) is 24.6 Å². The average Bonchev–Trinajstić information content (AvgIpc) is 3.05. The number of aromatic carboxylic acids is 1. The van der Waals surface area contributed by atoms with E-state index in [4.69, 9.17) is 11.6 Å². The SMILES string of the molecule is O=C1C(=O)N(c2cccc(C(=O)O)c2)[C@@H](c2ccc(Br)cc2)C1=C(O)c1ccc(Cl)cc1. The fraction of sp³-hybridized carbons (Fsp3) is 0.0417. The van der Waals surface area contributed by atoms with Gasteiger partial charge < -0.3 is 10.2 Å². The zero-order chi connectivity index (χ0) is 23.0. The number of carbonyl (C=O) groups is 3. The second-order valence-electron chi connectivity index (χ2n) is 7.08. The number of anilines is 1. The lowest BCUT2D eigenvalue weighted by atomic mass is 9.95. The number of halogens is 2. The fourth-order valence-corrected chi connectivity index (χ4v) is 4.00. The lowest BCUT2D eigenvalue weighted by Gasteiger charge is -2.25. The topological polar surface area (TPSA) is 94.9 Å². The second-order valence-corrected chi connectivity index (χ2v) is 8.44. The number of hydrogen-bond donors (Lipinski definition) is 2. The Hall–Kier alpha value is -3.42. The lowest BCUT2D eigenvalue weighted by molar-refractivity contribution is -0.132. The third kappa shape index (κ3) is 3.92. The van der Waals surface area contributed by atoms with Gasteiger partial charge in [0.05, 0.1) is 17.2 Å². The average molecular weight is 513 g/mol. The van der Waals surface area contributed by atoms with Gasteiger partial charge in [0.15, 0.2) is 0 Å². The van der Waals surface area contributed by atoms with Gasteiger partial charge >= 0.3 is 5.97 Å². The normalized spacial score (nSPS) is 17.6. The molecule has 32 heavy (non-hydrogen) atoms. The summed E-state index contributed by atoms with van der Waals surface area (Å²) in [4.78, 5) is 38.8. The van der Waals surface area contributed by atoms with E-state index in [1.54, 1.807) is 54.6 Å². The summed E-state index contributed by atoms with van der Waals surface area (Å²) in [6.07, 6.45) is 0. The number of benzene rings is 3. The Morgan fingerprint density at radius 2 is 1.56 bits per heavy atom. The molecule has 0 radical (unpaired) electrons. The van der Waals surface area contributed by atoms with E-state index in [-0.39, 0.29) is 22.6 Å². The van der Waals surface area contributed by atoms with E-state index < -0.39 is 23.7 Å². The minimum atomic E-state index is -1.16. The van der Waals surface area contributed by atoms with Gasteiger partial charge in [-0.1, -0.05) is 45.7 Å². The fourth-order valence-electron chi connectivity index (χ4n) is 3.61. The molecule has 0 aromatic heterocycles. The van der Waals surface area contributed by atoms with Gasteiger partial charge in [-0.25, -0.2) is 4.79 Å². The third-order valence-electron chi connectivity index (χ3n) is 5.12. The smallest absolute Gasteiger partial charge is 0.335 e. The number of aliphatic hydroxyl groups excluding tert-OH is 1. The number of hydrogen-bond acceptors (Lipinski definition) is 4. The molecule has 160 valence electrons. The minimum absolute atomic E-state index is 0.0309. The van der Waals surface area contributed by atoms with Gasteiger partial charge in [-0.2, -0.15) is 0 Å². The quantitative estimate of drug-likeness (QED) is 0.276. The van der Waals surface area contributed by atoms with Gasteiger partial charge in [0, 0.05) is 20.7 Å². The molecule has 1 fully saturated rings. The molecule has 1 amide bonds. The monoisotopic (exact) mass is 511 g/mol. The van der Waals surface area contributed by atoms with Crippen molar-refractivity contribution in [3.05, 3.63) is 105 Å². The molecule has 2 N–H and O–H groups in total. The number of nitrogens with zero attached hydrogens (tertiary/aromatic N) is 1.